The number of aromatic nitrogens is 3. The summed E-state index contributed by atoms with van der Waals surface area (Å²) in [7, 11) is 1.63. The highest BCUT2D eigenvalue weighted by Crippen LogP contribution is 2.34. The van der Waals surface area contributed by atoms with Crippen LogP contribution >= 0.6 is 11.3 Å². The van der Waals surface area contributed by atoms with Crippen LogP contribution in [-0.4, -0.2) is 35.4 Å². The van der Waals surface area contributed by atoms with Gasteiger partial charge in [0.1, 0.15) is 16.5 Å². The SMILES string of the molecule is COCCOCc1noc(-c2sc(-c3ccccc3)nc2C)n1. The van der Waals surface area contributed by atoms with Gasteiger partial charge < -0.3 is 14.0 Å². The van der Waals surface area contributed by atoms with E-state index in [1.165, 1.54) is 0 Å². The molecule has 3 aromatic rings. The van der Waals surface area contributed by atoms with Crippen LogP contribution in [0.1, 0.15) is 11.5 Å². The molecule has 2 aromatic heterocycles. The maximum Gasteiger partial charge on any atom is 0.270 e. The lowest BCUT2D eigenvalue weighted by Gasteiger charge is -1.98. The Morgan fingerprint density at radius 1 is 1.13 bits per heavy atom. The molecule has 0 aliphatic carbocycles. The van der Waals surface area contributed by atoms with E-state index in [0.717, 1.165) is 21.1 Å². The Labute approximate surface area is 138 Å². The molecule has 2 heterocycles. The lowest BCUT2D eigenvalue weighted by atomic mass is 10.2. The van der Waals surface area contributed by atoms with E-state index in [1.54, 1.807) is 18.4 Å². The average molecular weight is 331 g/mol. The summed E-state index contributed by atoms with van der Waals surface area (Å²) in [5.74, 6) is 0.998. The first-order valence-corrected chi connectivity index (χ1v) is 8.02. The first-order chi connectivity index (χ1) is 11.3. The van der Waals surface area contributed by atoms with Gasteiger partial charge in [-0.05, 0) is 6.92 Å². The predicted octanol–water partition coefficient (Wildman–Crippen LogP) is 3.33. The molecule has 0 spiro atoms. The summed E-state index contributed by atoms with van der Waals surface area (Å²) >= 11 is 1.54. The maximum atomic E-state index is 5.39. The van der Waals surface area contributed by atoms with Crippen molar-refractivity contribution in [2.75, 3.05) is 20.3 Å². The van der Waals surface area contributed by atoms with E-state index in [4.69, 9.17) is 14.0 Å². The molecule has 120 valence electrons. The molecule has 0 amide bonds. The minimum absolute atomic E-state index is 0.302. The third-order valence-electron chi connectivity index (χ3n) is 3.14. The van der Waals surface area contributed by atoms with E-state index < -0.39 is 0 Å². The van der Waals surface area contributed by atoms with Crippen LogP contribution in [0.3, 0.4) is 0 Å². The first-order valence-electron chi connectivity index (χ1n) is 7.20. The number of methoxy groups -OCH3 is 1. The Bertz CT molecular complexity index is 755. The van der Waals surface area contributed by atoms with Gasteiger partial charge in [0, 0.05) is 12.7 Å². The van der Waals surface area contributed by atoms with E-state index in [1.807, 2.05) is 37.3 Å². The summed E-state index contributed by atoms with van der Waals surface area (Å²) in [6.07, 6.45) is 0. The van der Waals surface area contributed by atoms with E-state index >= 15 is 0 Å². The van der Waals surface area contributed by atoms with Crippen LogP contribution in [0.15, 0.2) is 34.9 Å². The lowest BCUT2D eigenvalue weighted by Crippen LogP contribution is -2.02. The van der Waals surface area contributed by atoms with E-state index in [2.05, 4.69) is 15.1 Å². The van der Waals surface area contributed by atoms with Crippen LogP contribution in [0.25, 0.3) is 21.3 Å². The molecule has 0 saturated carbocycles. The zero-order valence-electron chi connectivity index (χ0n) is 13.0. The van der Waals surface area contributed by atoms with Gasteiger partial charge in [-0.2, -0.15) is 4.98 Å². The van der Waals surface area contributed by atoms with Crippen molar-refractivity contribution in [3.63, 3.8) is 0 Å². The number of aryl methyl sites for hydroxylation is 1. The number of nitrogens with zero attached hydrogens (tertiary/aromatic N) is 3. The molecular formula is C16H17N3O3S. The molecular weight excluding hydrogens is 314 g/mol. The molecule has 0 unspecified atom stereocenters. The quantitative estimate of drug-likeness (QED) is 0.619. The van der Waals surface area contributed by atoms with Crippen molar-refractivity contribution in [2.24, 2.45) is 0 Å². The van der Waals surface area contributed by atoms with Gasteiger partial charge in [0.2, 0.25) is 0 Å². The number of benzene rings is 1. The van der Waals surface area contributed by atoms with Crippen LogP contribution in [-0.2, 0) is 16.1 Å². The smallest absolute Gasteiger partial charge is 0.270 e. The fourth-order valence-electron chi connectivity index (χ4n) is 2.01. The monoisotopic (exact) mass is 331 g/mol. The fraction of sp³-hybridized carbons (Fsp3) is 0.312. The third kappa shape index (κ3) is 3.82. The molecule has 3 rings (SSSR count). The number of thiazole rings is 1. The molecule has 0 aliphatic heterocycles. The Kier molecular flexibility index (Phi) is 5.12. The summed E-state index contributed by atoms with van der Waals surface area (Å²) in [6.45, 7) is 3.28. The number of ether oxygens (including phenoxy) is 2. The number of hydrogen-bond acceptors (Lipinski definition) is 7. The first kappa shape index (κ1) is 15.8. The molecule has 0 saturated heterocycles. The third-order valence-corrected chi connectivity index (χ3v) is 4.34. The largest absolute Gasteiger partial charge is 0.382 e. The van der Waals surface area contributed by atoms with E-state index in [0.29, 0.717) is 31.5 Å². The van der Waals surface area contributed by atoms with E-state index in [9.17, 15) is 0 Å². The van der Waals surface area contributed by atoms with Crippen LogP contribution in [0.5, 0.6) is 0 Å². The Hall–Kier alpha value is -2.09. The van der Waals surface area contributed by atoms with E-state index in [-0.39, 0.29) is 0 Å². The van der Waals surface area contributed by atoms with Gasteiger partial charge >= 0.3 is 0 Å². The minimum atomic E-state index is 0.302. The maximum absolute atomic E-state index is 5.39. The Morgan fingerprint density at radius 3 is 2.74 bits per heavy atom. The topological polar surface area (TPSA) is 70.3 Å². The molecule has 0 bridgehead atoms. The summed E-state index contributed by atoms with van der Waals surface area (Å²) in [5.41, 5.74) is 1.96. The summed E-state index contributed by atoms with van der Waals surface area (Å²) < 4.78 is 15.6. The molecule has 0 N–H and O–H groups in total. The highest BCUT2D eigenvalue weighted by atomic mass is 32.1. The normalized spacial score (nSPS) is 11.0. The van der Waals surface area contributed by atoms with Gasteiger partial charge in [0.05, 0.1) is 18.9 Å². The van der Waals surface area contributed by atoms with Crippen LogP contribution in [0, 0.1) is 6.92 Å². The van der Waals surface area contributed by atoms with Crippen molar-refractivity contribution in [3.8, 4) is 21.3 Å². The zero-order chi connectivity index (χ0) is 16.1. The number of rotatable bonds is 7. The van der Waals surface area contributed by atoms with Crippen molar-refractivity contribution in [1.29, 1.82) is 0 Å². The number of hydrogen-bond donors (Lipinski definition) is 0. The molecule has 0 fully saturated rings. The highest BCUT2D eigenvalue weighted by Gasteiger charge is 2.17. The van der Waals surface area contributed by atoms with Crippen LogP contribution < -0.4 is 0 Å². The molecule has 0 radical (unpaired) electrons. The lowest BCUT2D eigenvalue weighted by molar-refractivity contribution is 0.0578. The van der Waals surface area contributed by atoms with Crippen molar-refractivity contribution >= 4 is 11.3 Å². The van der Waals surface area contributed by atoms with Crippen molar-refractivity contribution in [3.05, 3.63) is 41.9 Å². The fourth-order valence-corrected chi connectivity index (χ4v) is 3.00. The molecule has 6 nitrogen and oxygen atoms in total. The van der Waals surface area contributed by atoms with Gasteiger partial charge in [-0.3, -0.25) is 0 Å². The van der Waals surface area contributed by atoms with Gasteiger partial charge in [-0.1, -0.05) is 35.5 Å². The van der Waals surface area contributed by atoms with Gasteiger partial charge in [-0.25, -0.2) is 4.98 Å². The highest BCUT2D eigenvalue weighted by molar-refractivity contribution is 7.18. The van der Waals surface area contributed by atoms with Gasteiger partial charge in [-0.15, -0.1) is 11.3 Å². The molecule has 7 heteroatoms. The molecule has 23 heavy (non-hydrogen) atoms. The van der Waals surface area contributed by atoms with Gasteiger partial charge in [0.25, 0.3) is 5.89 Å². The molecule has 0 aliphatic rings. The average Bonchev–Trinajstić information content (AvgIpc) is 3.19. The van der Waals surface area contributed by atoms with Crippen molar-refractivity contribution < 1.29 is 14.0 Å². The second-order valence-electron chi connectivity index (χ2n) is 4.86. The summed E-state index contributed by atoms with van der Waals surface area (Å²) in [6, 6.07) is 10.0. The molecule has 1 aromatic carbocycles. The van der Waals surface area contributed by atoms with Crippen molar-refractivity contribution in [1.82, 2.24) is 15.1 Å². The second kappa shape index (κ2) is 7.45. The van der Waals surface area contributed by atoms with Crippen LogP contribution in [0.4, 0.5) is 0 Å². The zero-order valence-corrected chi connectivity index (χ0v) is 13.8. The van der Waals surface area contributed by atoms with Crippen LogP contribution in [0.2, 0.25) is 0 Å². The predicted molar refractivity (Wildman–Crippen MR) is 87.1 cm³/mol. The minimum Gasteiger partial charge on any atom is -0.382 e. The second-order valence-corrected chi connectivity index (χ2v) is 5.86. The van der Waals surface area contributed by atoms with Crippen molar-refractivity contribution in [2.45, 2.75) is 13.5 Å². The Balaban J connectivity index is 1.75. The summed E-state index contributed by atoms with van der Waals surface area (Å²) in [4.78, 5) is 9.86. The Morgan fingerprint density at radius 2 is 1.96 bits per heavy atom. The molecule has 0 atom stereocenters. The summed E-state index contributed by atoms with van der Waals surface area (Å²) in [5, 5.41) is 4.88. The van der Waals surface area contributed by atoms with Gasteiger partial charge in [0.15, 0.2) is 5.82 Å². The standard InChI is InChI=1S/C16H17N3O3S/c1-11-14(23-16(17-11)12-6-4-3-5-7-12)15-18-13(19-22-15)10-21-9-8-20-2/h3-7H,8-10H2,1-2H3.